The number of carboxylic acids is 1. The molecule has 2 N–H and O–H groups in total. The van der Waals surface area contributed by atoms with Crippen molar-refractivity contribution in [1.82, 2.24) is 14.5 Å². The van der Waals surface area contributed by atoms with Crippen molar-refractivity contribution in [3.8, 4) is 0 Å². The van der Waals surface area contributed by atoms with Crippen molar-refractivity contribution in [2.75, 3.05) is 40.3 Å². The van der Waals surface area contributed by atoms with Gasteiger partial charge in [-0.1, -0.05) is 54.6 Å². The lowest BCUT2D eigenvalue weighted by atomic mass is 10.1. The zero-order valence-electron chi connectivity index (χ0n) is 21.1. The second-order valence-corrected chi connectivity index (χ2v) is 10.6. The molecule has 3 rings (SSSR count). The van der Waals surface area contributed by atoms with Crippen LogP contribution in [-0.4, -0.2) is 86.9 Å². The molecule has 1 aliphatic rings. The van der Waals surface area contributed by atoms with E-state index in [4.69, 9.17) is 9.90 Å². The Bertz CT molecular complexity index is 1200. The number of alkyl halides is 3. The second kappa shape index (κ2) is 13.9. The van der Waals surface area contributed by atoms with Crippen LogP contribution in [0.5, 0.6) is 0 Å². The van der Waals surface area contributed by atoms with Crippen LogP contribution in [0.2, 0.25) is 0 Å². The Balaban J connectivity index is 0.000000638. The lowest BCUT2D eigenvalue weighted by Gasteiger charge is -2.20. The van der Waals surface area contributed by atoms with Gasteiger partial charge in [-0.2, -0.15) is 13.2 Å². The molecular formula is C25H31F3N4O5S. The molecule has 9 nitrogen and oxygen atoms in total. The first-order chi connectivity index (χ1) is 17.8. The van der Waals surface area contributed by atoms with Gasteiger partial charge in [-0.15, -0.1) is 0 Å². The molecule has 0 unspecified atom stereocenters. The topological polar surface area (TPSA) is 119 Å². The number of aliphatic imine (C=N–C) groups is 1. The van der Waals surface area contributed by atoms with Gasteiger partial charge in [-0.25, -0.2) is 17.5 Å². The first-order valence-electron chi connectivity index (χ1n) is 11.7. The Labute approximate surface area is 220 Å². The van der Waals surface area contributed by atoms with E-state index < -0.39 is 22.2 Å². The average molecular weight is 557 g/mol. The van der Waals surface area contributed by atoms with Gasteiger partial charge in [-0.3, -0.25) is 9.79 Å². The standard InChI is InChI=1S/C23H30N4O3S.C2HF3O2/c1-26(16-12-19-8-10-21(11-9-19)23-24-14-15-25-23)22(28)13-17-27(2)31(29,30)18-20-6-4-3-5-7-20;3-2(4,5)1(6)7/h3-11H,12-18H2,1-2H3,(H,24,25);(H,6,7). The summed E-state index contributed by atoms with van der Waals surface area (Å²) in [7, 11) is -0.173. The second-order valence-electron chi connectivity index (χ2n) is 8.54. The highest BCUT2D eigenvalue weighted by Crippen LogP contribution is 2.13. The van der Waals surface area contributed by atoms with Gasteiger partial charge in [0, 0.05) is 45.7 Å². The molecule has 38 heavy (non-hydrogen) atoms. The van der Waals surface area contributed by atoms with Gasteiger partial charge in [0.2, 0.25) is 15.9 Å². The number of sulfonamides is 1. The van der Waals surface area contributed by atoms with Gasteiger partial charge < -0.3 is 15.3 Å². The number of nitrogens with zero attached hydrogens (tertiary/aromatic N) is 3. The Hall–Kier alpha value is -3.45. The molecule has 208 valence electrons. The minimum absolute atomic E-state index is 0.0632. The SMILES string of the molecule is CN(CCc1ccc(C2=NCCN2)cc1)C(=O)CCN(C)S(=O)(=O)Cc1ccccc1.O=C(O)C(F)(F)F. The zero-order chi connectivity index (χ0) is 28.3. The Morgan fingerprint density at radius 1 is 1.00 bits per heavy atom. The van der Waals surface area contributed by atoms with Crippen molar-refractivity contribution < 1.29 is 36.3 Å². The maximum Gasteiger partial charge on any atom is 0.490 e. The third kappa shape index (κ3) is 10.1. The molecule has 0 saturated carbocycles. The predicted molar refractivity (Wildman–Crippen MR) is 137 cm³/mol. The van der Waals surface area contributed by atoms with Gasteiger partial charge >= 0.3 is 12.1 Å². The van der Waals surface area contributed by atoms with Crippen LogP contribution in [0.1, 0.15) is 23.1 Å². The maximum absolute atomic E-state index is 12.5. The van der Waals surface area contributed by atoms with Crippen molar-refractivity contribution in [3.05, 3.63) is 71.3 Å². The highest BCUT2D eigenvalue weighted by Gasteiger charge is 2.38. The minimum Gasteiger partial charge on any atom is -0.475 e. The molecule has 0 fully saturated rings. The van der Waals surface area contributed by atoms with Crippen LogP contribution in [0.15, 0.2) is 59.6 Å². The number of rotatable bonds is 10. The zero-order valence-corrected chi connectivity index (χ0v) is 21.9. The van der Waals surface area contributed by atoms with Crippen LogP contribution >= 0.6 is 0 Å². The smallest absolute Gasteiger partial charge is 0.475 e. The summed E-state index contributed by atoms with van der Waals surface area (Å²) in [6.07, 6.45) is -4.18. The summed E-state index contributed by atoms with van der Waals surface area (Å²) in [5.41, 5.74) is 2.95. The molecule has 0 bridgehead atoms. The number of halogens is 3. The summed E-state index contributed by atoms with van der Waals surface area (Å²) in [5.74, 6) is -1.95. The molecule has 2 aromatic rings. The molecule has 0 saturated heterocycles. The van der Waals surface area contributed by atoms with E-state index in [9.17, 15) is 26.4 Å². The summed E-state index contributed by atoms with van der Waals surface area (Å²) in [6.45, 7) is 2.44. The third-order valence-electron chi connectivity index (χ3n) is 5.61. The van der Waals surface area contributed by atoms with Crippen LogP contribution in [0.3, 0.4) is 0 Å². The van der Waals surface area contributed by atoms with Crippen molar-refractivity contribution in [3.63, 3.8) is 0 Å². The molecule has 0 aliphatic carbocycles. The van der Waals surface area contributed by atoms with E-state index in [1.165, 1.54) is 11.4 Å². The molecule has 0 aromatic heterocycles. The summed E-state index contributed by atoms with van der Waals surface area (Å²) in [6, 6.07) is 17.3. The van der Waals surface area contributed by atoms with Crippen LogP contribution < -0.4 is 5.32 Å². The van der Waals surface area contributed by atoms with Crippen molar-refractivity contribution in [1.29, 1.82) is 0 Å². The molecule has 1 heterocycles. The molecule has 1 amide bonds. The normalized spacial score (nSPS) is 13.3. The van der Waals surface area contributed by atoms with Crippen LogP contribution in [0, 0.1) is 0 Å². The maximum atomic E-state index is 12.5. The average Bonchev–Trinajstić information content (AvgIpc) is 3.41. The van der Waals surface area contributed by atoms with E-state index in [0.717, 1.165) is 42.0 Å². The Morgan fingerprint density at radius 3 is 2.13 bits per heavy atom. The van der Waals surface area contributed by atoms with Crippen molar-refractivity contribution in [2.24, 2.45) is 4.99 Å². The number of carbonyl (C=O) groups is 2. The number of amidine groups is 1. The fourth-order valence-corrected chi connectivity index (χ4v) is 4.52. The first-order valence-corrected chi connectivity index (χ1v) is 13.3. The first kappa shape index (κ1) is 30.8. The number of carbonyl (C=O) groups excluding carboxylic acids is 1. The van der Waals surface area contributed by atoms with Gasteiger partial charge in [0.1, 0.15) is 5.84 Å². The van der Waals surface area contributed by atoms with Crippen molar-refractivity contribution >= 4 is 27.7 Å². The molecule has 0 atom stereocenters. The highest BCUT2D eigenvalue weighted by atomic mass is 32.2. The van der Waals surface area contributed by atoms with Crippen molar-refractivity contribution in [2.45, 2.75) is 24.8 Å². The van der Waals surface area contributed by atoms with E-state index in [1.807, 2.05) is 30.3 Å². The number of benzene rings is 2. The molecule has 1 aliphatic heterocycles. The van der Waals surface area contributed by atoms with Crippen LogP contribution in [0.25, 0.3) is 0 Å². The van der Waals surface area contributed by atoms with E-state index in [2.05, 4.69) is 22.4 Å². The number of likely N-dealkylation sites (N-methyl/N-ethyl adjacent to an activating group) is 1. The van der Waals surface area contributed by atoms with E-state index in [0.29, 0.717) is 6.54 Å². The van der Waals surface area contributed by atoms with E-state index >= 15 is 0 Å². The number of amides is 1. The van der Waals surface area contributed by atoms with E-state index in [-0.39, 0.29) is 24.6 Å². The van der Waals surface area contributed by atoms with Gasteiger partial charge in [0.15, 0.2) is 0 Å². The summed E-state index contributed by atoms with van der Waals surface area (Å²) < 4.78 is 58.0. The number of aliphatic carboxylic acids is 1. The van der Waals surface area contributed by atoms with Gasteiger partial charge in [0.25, 0.3) is 0 Å². The fraction of sp³-hybridized carbons (Fsp3) is 0.400. The minimum atomic E-state index is -5.08. The number of hydrogen-bond acceptors (Lipinski definition) is 6. The number of nitrogens with one attached hydrogen (secondary N) is 1. The Morgan fingerprint density at radius 2 is 1.61 bits per heavy atom. The highest BCUT2D eigenvalue weighted by molar-refractivity contribution is 7.88. The Kier molecular flexibility index (Phi) is 11.3. The summed E-state index contributed by atoms with van der Waals surface area (Å²) in [4.78, 5) is 27.4. The lowest BCUT2D eigenvalue weighted by Crippen LogP contribution is -2.34. The van der Waals surface area contributed by atoms with Gasteiger partial charge in [0.05, 0.1) is 12.3 Å². The van der Waals surface area contributed by atoms with Gasteiger partial charge in [-0.05, 0) is 17.5 Å². The third-order valence-corrected chi connectivity index (χ3v) is 7.44. The van der Waals surface area contributed by atoms with Crippen LogP contribution in [-0.2, 0) is 31.8 Å². The molecular weight excluding hydrogens is 525 g/mol. The summed E-state index contributed by atoms with van der Waals surface area (Å²) in [5, 5.41) is 10.4. The molecule has 0 radical (unpaired) electrons. The van der Waals surface area contributed by atoms with E-state index in [1.54, 1.807) is 24.1 Å². The molecule has 13 heteroatoms. The molecule has 2 aromatic carbocycles. The number of hydrogen-bond donors (Lipinski definition) is 2. The molecule has 0 spiro atoms. The predicted octanol–water partition coefficient (Wildman–Crippen LogP) is 2.52. The summed E-state index contributed by atoms with van der Waals surface area (Å²) >= 11 is 0. The quantitative estimate of drug-likeness (QED) is 0.464. The number of carboxylic acid groups (broad SMARTS) is 1. The fourth-order valence-electron chi connectivity index (χ4n) is 3.32. The monoisotopic (exact) mass is 556 g/mol. The lowest BCUT2D eigenvalue weighted by molar-refractivity contribution is -0.192. The largest absolute Gasteiger partial charge is 0.490 e. The van der Waals surface area contributed by atoms with Crippen LogP contribution in [0.4, 0.5) is 13.2 Å².